The van der Waals surface area contributed by atoms with Crippen LogP contribution in [0.25, 0.3) is 10.9 Å². The van der Waals surface area contributed by atoms with Gasteiger partial charge in [0.15, 0.2) is 0 Å². The summed E-state index contributed by atoms with van der Waals surface area (Å²) >= 11 is 0. The first kappa shape index (κ1) is 29.9. The summed E-state index contributed by atoms with van der Waals surface area (Å²) in [5.74, 6) is -1.88. The van der Waals surface area contributed by atoms with E-state index in [1.807, 2.05) is 6.92 Å². The highest BCUT2D eigenvalue weighted by Crippen LogP contribution is 2.76. The average Bonchev–Trinajstić information content (AvgIpc) is 3.64. The summed E-state index contributed by atoms with van der Waals surface area (Å²) in [6.45, 7) is 6.13. The fourth-order valence-corrected chi connectivity index (χ4v) is 13.0. The quantitative estimate of drug-likeness (QED) is 0.173. The molecule has 10 rings (SSSR count). The van der Waals surface area contributed by atoms with Crippen LogP contribution in [0.15, 0.2) is 71.8 Å². The van der Waals surface area contributed by atoms with Crippen molar-refractivity contribution < 1.29 is 24.1 Å². The molecule has 4 fully saturated rings. The Labute approximate surface area is 286 Å². The van der Waals surface area contributed by atoms with Gasteiger partial charge < -0.3 is 29.2 Å². The van der Waals surface area contributed by atoms with E-state index in [9.17, 15) is 19.9 Å². The number of nitrogens with zero attached hydrogens (tertiary/aromatic N) is 4. The topological polar surface area (TPSA) is 98.1 Å². The molecule has 0 saturated carbocycles. The Hall–Kier alpha value is -3.92. The zero-order chi connectivity index (χ0) is 33.8. The van der Waals surface area contributed by atoms with Crippen molar-refractivity contribution in [1.29, 1.82) is 0 Å². The maximum Gasteiger partial charge on any atom is 0.327 e. The second-order valence-electron chi connectivity index (χ2n) is 15.9. The van der Waals surface area contributed by atoms with Gasteiger partial charge in [0, 0.05) is 47.5 Å². The van der Waals surface area contributed by atoms with Crippen molar-refractivity contribution >= 4 is 28.5 Å². The zero-order valence-electron chi connectivity index (χ0n) is 28.6. The minimum absolute atomic E-state index is 0.00822. The predicted octanol–water partition coefficient (Wildman–Crippen LogP) is 5.28. The number of aliphatic carboxylic acids is 1. The van der Waals surface area contributed by atoms with Crippen LogP contribution in [0.2, 0.25) is 0 Å². The third-order valence-corrected chi connectivity index (χ3v) is 14.5. The fraction of sp³-hybridized carbons (Fsp3) is 0.500. The Morgan fingerprint density at radius 1 is 1.04 bits per heavy atom. The maximum absolute atomic E-state index is 14.6. The van der Waals surface area contributed by atoms with E-state index in [0.29, 0.717) is 19.4 Å². The first-order valence-corrected chi connectivity index (χ1v) is 18.1. The molecule has 4 saturated heterocycles. The molecule has 0 amide bonds. The van der Waals surface area contributed by atoms with Crippen LogP contribution in [0.1, 0.15) is 55.8 Å². The zero-order valence-corrected chi connectivity index (χ0v) is 28.6. The number of anilines is 1. The number of methoxy groups -OCH3 is 1. The van der Waals surface area contributed by atoms with Gasteiger partial charge in [-0.25, -0.2) is 4.79 Å². The summed E-state index contributed by atoms with van der Waals surface area (Å²) in [5, 5.41) is 27.0. The number of benzene rings is 2. The summed E-state index contributed by atoms with van der Waals surface area (Å²) in [7, 11) is 3.19. The highest BCUT2D eigenvalue weighted by Gasteiger charge is 2.80. The van der Waals surface area contributed by atoms with Crippen molar-refractivity contribution in [1.82, 2.24) is 9.47 Å². The molecule has 3 unspecified atom stereocenters. The van der Waals surface area contributed by atoms with Gasteiger partial charge in [-0.2, -0.15) is 0 Å². The molecule has 1 aliphatic carbocycles. The molecule has 3 aromatic rings. The van der Waals surface area contributed by atoms with Crippen molar-refractivity contribution in [2.24, 2.45) is 17.8 Å². The van der Waals surface area contributed by atoms with Crippen LogP contribution < -0.4 is 4.90 Å². The number of likely N-dealkylation sites (tertiary alicyclic amines) is 1. The Bertz CT molecular complexity index is 2050. The Morgan fingerprint density at radius 3 is 2.55 bits per heavy atom. The summed E-state index contributed by atoms with van der Waals surface area (Å²) in [4.78, 5) is 32.8. The van der Waals surface area contributed by atoms with Crippen LogP contribution in [0.3, 0.4) is 0 Å². The standard InChI is InChI=1S/C40H44N4O5/c1-5-22-20-41-16-15-39-28-12-8-10-14-31(28)43-36(37(45)46)26(22)19-33(41)40(39,43)42-30-13-9-7-11-24(30)27-18-32-34(38(47)49-4)25(17-29(39)35(27)42)23(6-2)21-44(32,3)48/h5-14,25-26,29,32-34,36H,15-21H2,1-4H3,(H,45,46)/b22-5-,23-6-/t25?,26-,29+,32+,33+,34-,36+,39?,40?,44-/m1/s1. The molecule has 1 aromatic heterocycles. The largest absolute Gasteiger partial charge is 0.633 e. The number of carbonyl (C=O) groups is 2. The summed E-state index contributed by atoms with van der Waals surface area (Å²) in [6.07, 6.45) is 7.08. The number of hydroxylamine groups is 3. The molecule has 0 radical (unpaired) electrons. The monoisotopic (exact) mass is 660 g/mol. The van der Waals surface area contributed by atoms with E-state index < -0.39 is 39.7 Å². The molecular weight excluding hydrogens is 616 g/mol. The van der Waals surface area contributed by atoms with Gasteiger partial charge in [-0.05, 0) is 68.5 Å². The number of quaternary nitrogens is 1. The van der Waals surface area contributed by atoms with Gasteiger partial charge in [-0.1, -0.05) is 54.1 Å². The molecule has 6 aliphatic heterocycles. The van der Waals surface area contributed by atoms with E-state index in [-0.39, 0.29) is 29.8 Å². The molecule has 7 aliphatic rings. The van der Waals surface area contributed by atoms with E-state index in [2.05, 4.69) is 82.0 Å². The van der Waals surface area contributed by atoms with Gasteiger partial charge in [-0.3, -0.25) is 9.69 Å². The van der Waals surface area contributed by atoms with Crippen LogP contribution in [-0.2, 0) is 31.8 Å². The number of carbonyl (C=O) groups excluding carboxylic acids is 1. The number of para-hydroxylation sites is 2. The molecule has 2 aromatic carbocycles. The normalized spacial score (nSPS) is 41.2. The number of carboxylic acids is 1. The van der Waals surface area contributed by atoms with E-state index in [4.69, 9.17) is 4.74 Å². The number of ether oxygens (including phenoxy) is 1. The number of fused-ring (bicyclic) bond motifs is 8. The van der Waals surface area contributed by atoms with Crippen LogP contribution in [-0.4, -0.2) is 83.1 Å². The fourth-order valence-electron chi connectivity index (χ4n) is 13.0. The summed E-state index contributed by atoms with van der Waals surface area (Å²) in [5.41, 5.74) is 6.96. The number of allylic oxidation sites excluding steroid dienone is 2. The minimum Gasteiger partial charge on any atom is -0.633 e. The van der Waals surface area contributed by atoms with Gasteiger partial charge in [0.05, 0.1) is 31.1 Å². The lowest BCUT2D eigenvalue weighted by molar-refractivity contribution is -0.890. The van der Waals surface area contributed by atoms with Gasteiger partial charge >= 0.3 is 11.9 Å². The van der Waals surface area contributed by atoms with Crippen molar-refractivity contribution in [2.75, 3.05) is 38.7 Å². The van der Waals surface area contributed by atoms with Crippen molar-refractivity contribution in [3.05, 3.63) is 93.9 Å². The molecule has 49 heavy (non-hydrogen) atoms. The Kier molecular flexibility index (Phi) is 5.90. The minimum atomic E-state index is -0.773. The summed E-state index contributed by atoms with van der Waals surface area (Å²) < 4.78 is 7.64. The number of carboxylic acid groups (broad SMARTS) is 1. The number of rotatable bonds is 2. The number of esters is 1. The number of hydrogen-bond acceptors (Lipinski definition) is 6. The Morgan fingerprint density at radius 2 is 1.80 bits per heavy atom. The van der Waals surface area contributed by atoms with Gasteiger partial charge in [-0.15, -0.1) is 0 Å². The van der Waals surface area contributed by atoms with E-state index >= 15 is 0 Å². The van der Waals surface area contributed by atoms with E-state index in [1.54, 1.807) is 7.05 Å². The maximum atomic E-state index is 14.6. The van der Waals surface area contributed by atoms with Crippen LogP contribution in [0, 0.1) is 23.0 Å². The first-order valence-electron chi connectivity index (χ1n) is 18.1. The average molecular weight is 661 g/mol. The number of aromatic nitrogens is 1. The molecule has 254 valence electrons. The highest BCUT2D eigenvalue weighted by molar-refractivity contribution is 5.91. The van der Waals surface area contributed by atoms with E-state index in [1.165, 1.54) is 23.9 Å². The van der Waals surface area contributed by atoms with E-state index in [0.717, 1.165) is 53.7 Å². The van der Waals surface area contributed by atoms with Gasteiger partial charge in [0.2, 0.25) is 0 Å². The lowest BCUT2D eigenvalue weighted by atomic mass is 9.53. The Balaban J connectivity index is 1.35. The molecule has 4 bridgehead atoms. The van der Waals surface area contributed by atoms with Crippen LogP contribution in [0.5, 0.6) is 0 Å². The third kappa shape index (κ3) is 3.20. The molecule has 9 nitrogen and oxygen atoms in total. The molecule has 7 heterocycles. The van der Waals surface area contributed by atoms with Crippen LogP contribution >= 0.6 is 0 Å². The summed E-state index contributed by atoms with van der Waals surface area (Å²) in [6, 6.07) is 16.1. The molecule has 9 heteroatoms. The van der Waals surface area contributed by atoms with Crippen molar-refractivity contribution in [3.63, 3.8) is 0 Å². The second kappa shape index (κ2) is 9.65. The smallest absolute Gasteiger partial charge is 0.327 e. The molecule has 10 atom stereocenters. The molecule has 1 spiro atoms. The lowest BCUT2D eigenvalue weighted by Crippen LogP contribution is -2.79. The molecular formula is C40H44N4O5. The molecule has 1 N–H and O–H groups in total. The first-order chi connectivity index (χ1) is 23.6. The van der Waals surface area contributed by atoms with Crippen molar-refractivity contribution in [3.8, 4) is 0 Å². The van der Waals surface area contributed by atoms with Crippen LogP contribution in [0.4, 0.5) is 5.69 Å². The van der Waals surface area contributed by atoms with Crippen molar-refractivity contribution in [2.45, 2.75) is 74.7 Å². The lowest BCUT2D eigenvalue weighted by Gasteiger charge is -2.67. The SMILES string of the molecule is C/C=C1/C[N@@+](C)([O-])[C@H]2Cc3c4n(c5ccccc35)C35[C@@H]6C[C@@H]7/C(=C\C)CN6CCC3(c3ccccc3N5[C@@H]7C(=O)O)[C@H]4CC1[C@H]2C(=O)OC. The van der Waals surface area contributed by atoms with Gasteiger partial charge in [0.25, 0.3) is 0 Å². The highest BCUT2D eigenvalue weighted by atomic mass is 16.5. The predicted molar refractivity (Wildman–Crippen MR) is 186 cm³/mol. The number of piperidine rings is 4. The number of hydrogen-bond donors (Lipinski definition) is 1. The number of likely N-dealkylation sites (N-methyl/N-ethyl adjacent to an activating group) is 1. The third-order valence-electron chi connectivity index (χ3n) is 14.5. The van der Waals surface area contributed by atoms with Gasteiger partial charge in [0.1, 0.15) is 30.2 Å². The second-order valence-corrected chi connectivity index (χ2v) is 15.9.